The molecule has 1 aromatic carbocycles. The van der Waals surface area contributed by atoms with Crippen LogP contribution in [0.1, 0.15) is 35.2 Å². The Morgan fingerprint density at radius 2 is 1.79 bits per heavy atom. The lowest BCUT2D eigenvalue weighted by molar-refractivity contribution is -0.138. The first-order valence-corrected chi connectivity index (χ1v) is 12.5. The topological polar surface area (TPSA) is 113 Å². The summed E-state index contributed by atoms with van der Waals surface area (Å²) in [5.74, 6) is -0.189. The van der Waals surface area contributed by atoms with Gasteiger partial charge in [-0.25, -0.2) is 15.0 Å². The summed E-state index contributed by atoms with van der Waals surface area (Å²) in [5.41, 5.74) is 6.59. The van der Waals surface area contributed by atoms with Crippen LogP contribution in [0.25, 0.3) is 11.0 Å². The Kier molecular flexibility index (Phi) is 6.95. The minimum absolute atomic E-state index is 0.0328. The number of halogens is 3. The number of piperidine rings is 1. The van der Waals surface area contributed by atoms with Crippen LogP contribution in [-0.4, -0.2) is 86.4 Å². The van der Waals surface area contributed by atoms with E-state index in [0.717, 1.165) is 36.4 Å². The summed E-state index contributed by atoms with van der Waals surface area (Å²) in [6, 6.07) is 5.40. The molecule has 1 atom stereocenters. The molecule has 2 saturated heterocycles. The van der Waals surface area contributed by atoms with Crippen molar-refractivity contribution in [1.29, 1.82) is 0 Å². The zero-order chi connectivity index (χ0) is 27.0. The number of primary amides is 1. The molecule has 5 rings (SSSR count). The van der Waals surface area contributed by atoms with Crippen LogP contribution in [0.2, 0.25) is 0 Å². The molecule has 0 spiro atoms. The standard InChI is InChI=1S/C25H29F3N8O2/c1-33(18-4-7-34(8-5-18)24-30-11-17(12-31-24)25(26,27)28)22(37)14-35-9-6-19(35)13-36-15-32-20-3-2-16(23(29)38)10-21(20)36/h2-3,10-12,15,18-19H,4-9,13-14H2,1H3,(H2,29,38). The van der Waals surface area contributed by atoms with Gasteiger partial charge in [0.15, 0.2) is 0 Å². The van der Waals surface area contributed by atoms with Gasteiger partial charge in [-0.05, 0) is 37.5 Å². The molecule has 0 radical (unpaired) electrons. The Balaban J connectivity index is 1.13. The first-order valence-electron chi connectivity index (χ1n) is 12.5. The number of hydrogen-bond acceptors (Lipinski definition) is 7. The van der Waals surface area contributed by atoms with Crippen molar-refractivity contribution in [2.45, 2.75) is 44.1 Å². The quantitative estimate of drug-likeness (QED) is 0.498. The number of rotatable bonds is 7. The molecular formula is C25H29F3N8O2. The average Bonchev–Trinajstić information content (AvgIpc) is 3.31. The van der Waals surface area contributed by atoms with Gasteiger partial charge in [-0.2, -0.15) is 13.2 Å². The summed E-state index contributed by atoms with van der Waals surface area (Å²) in [4.78, 5) is 42.6. The van der Waals surface area contributed by atoms with E-state index in [1.54, 1.807) is 36.5 Å². The number of nitrogens with zero attached hydrogens (tertiary/aromatic N) is 7. The number of likely N-dealkylation sites (N-methyl/N-ethyl adjacent to an activating group) is 1. The molecule has 2 aliphatic rings. The molecular weight excluding hydrogens is 501 g/mol. The second kappa shape index (κ2) is 10.2. The zero-order valence-corrected chi connectivity index (χ0v) is 20.9. The number of benzene rings is 1. The smallest absolute Gasteiger partial charge is 0.366 e. The molecule has 2 fully saturated rings. The third-order valence-corrected chi connectivity index (χ3v) is 7.57. The van der Waals surface area contributed by atoms with Crippen molar-refractivity contribution in [3.63, 3.8) is 0 Å². The summed E-state index contributed by atoms with van der Waals surface area (Å²) < 4.78 is 40.3. The van der Waals surface area contributed by atoms with Gasteiger partial charge < -0.3 is 20.1 Å². The van der Waals surface area contributed by atoms with Gasteiger partial charge >= 0.3 is 6.18 Å². The highest BCUT2D eigenvalue weighted by Gasteiger charge is 2.34. The molecule has 0 bridgehead atoms. The van der Waals surface area contributed by atoms with Crippen molar-refractivity contribution in [1.82, 2.24) is 29.3 Å². The average molecular weight is 531 g/mol. The maximum absolute atomic E-state index is 13.1. The van der Waals surface area contributed by atoms with E-state index in [1.165, 1.54) is 0 Å². The number of carbonyl (C=O) groups is 2. The van der Waals surface area contributed by atoms with E-state index in [1.807, 2.05) is 9.47 Å². The van der Waals surface area contributed by atoms with Gasteiger partial charge in [0, 0.05) is 63.3 Å². The summed E-state index contributed by atoms with van der Waals surface area (Å²) in [5, 5.41) is 0. The molecule has 2 N–H and O–H groups in total. The van der Waals surface area contributed by atoms with Crippen LogP contribution in [-0.2, 0) is 17.5 Å². The number of imidazole rings is 1. The minimum atomic E-state index is -4.47. The molecule has 2 aromatic heterocycles. The summed E-state index contributed by atoms with van der Waals surface area (Å²) in [6.45, 7) is 2.90. The van der Waals surface area contributed by atoms with Gasteiger partial charge in [-0.3, -0.25) is 14.5 Å². The van der Waals surface area contributed by atoms with E-state index in [0.29, 0.717) is 44.6 Å². The third-order valence-electron chi connectivity index (χ3n) is 7.57. The van der Waals surface area contributed by atoms with Crippen LogP contribution in [0, 0.1) is 0 Å². The fourth-order valence-corrected chi connectivity index (χ4v) is 5.06. The predicted molar refractivity (Wildman–Crippen MR) is 133 cm³/mol. The highest BCUT2D eigenvalue weighted by Crippen LogP contribution is 2.29. The summed E-state index contributed by atoms with van der Waals surface area (Å²) in [7, 11) is 1.81. The number of amides is 2. The lowest BCUT2D eigenvalue weighted by Crippen LogP contribution is -2.55. The highest BCUT2D eigenvalue weighted by atomic mass is 19.4. The monoisotopic (exact) mass is 530 g/mol. The summed E-state index contributed by atoms with van der Waals surface area (Å²) >= 11 is 0. The van der Waals surface area contributed by atoms with Crippen molar-refractivity contribution in [2.24, 2.45) is 5.73 Å². The van der Waals surface area contributed by atoms with E-state index in [4.69, 9.17) is 5.73 Å². The van der Waals surface area contributed by atoms with Crippen molar-refractivity contribution in [2.75, 3.05) is 38.1 Å². The second-order valence-corrected chi connectivity index (χ2v) is 9.87. The predicted octanol–water partition coefficient (Wildman–Crippen LogP) is 2.15. The molecule has 38 heavy (non-hydrogen) atoms. The molecule has 3 aromatic rings. The van der Waals surface area contributed by atoms with E-state index < -0.39 is 17.6 Å². The first kappa shape index (κ1) is 25.9. The van der Waals surface area contributed by atoms with Crippen LogP contribution in [0.5, 0.6) is 0 Å². The number of likely N-dealkylation sites (tertiary alicyclic amines) is 1. The van der Waals surface area contributed by atoms with Crippen LogP contribution >= 0.6 is 0 Å². The molecule has 4 heterocycles. The number of nitrogens with two attached hydrogens (primary N) is 1. The maximum atomic E-state index is 13.1. The molecule has 202 valence electrons. The van der Waals surface area contributed by atoms with Gasteiger partial charge in [0.05, 0.1) is 29.5 Å². The highest BCUT2D eigenvalue weighted by molar-refractivity contribution is 5.96. The Bertz CT molecular complexity index is 1320. The normalized spacial score (nSPS) is 18.9. The van der Waals surface area contributed by atoms with E-state index in [-0.39, 0.29) is 23.9 Å². The Morgan fingerprint density at radius 3 is 2.39 bits per heavy atom. The largest absolute Gasteiger partial charge is 0.419 e. The van der Waals surface area contributed by atoms with Gasteiger partial charge in [0.25, 0.3) is 0 Å². The molecule has 1 unspecified atom stereocenters. The lowest BCUT2D eigenvalue weighted by atomic mass is 10.0. The maximum Gasteiger partial charge on any atom is 0.419 e. The number of alkyl halides is 3. The SMILES string of the molecule is CN(C(=O)CN1CCC1Cn1cnc2ccc(C(N)=O)cc21)C1CCN(c2ncc(C(F)(F)F)cn2)CC1. The molecule has 10 nitrogen and oxygen atoms in total. The zero-order valence-electron chi connectivity index (χ0n) is 20.9. The van der Waals surface area contributed by atoms with E-state index in [2.05, 4.69) is 19.9 Å². The molecule has 2 amide bonds. The molecule has 0 saturated carbocycles. The Hall–Kier alpha value is -3.74. The van der Waals surface area contributed by atoms with Crippen LogP contribution < -0.4 is 10.6 Å². The molecule has 13 heteroatoms. The number of anilines is 1. The minimum Gasteiger partial charge on any atom is -0.366 e. The van der Waals surface area contributed by atoms with Crippen molar-refractivity contribution in [3.8, 4) is 0 Å². The van der Waals surface area contributed by atoms with Crippen molar-refractivity contribution < 1.29 is 22.8 Å². The van der Waals surface area contributed by atoms with Gasteiger partial charge in [0.2, 0.25) is 17.8 Å². The fourth-order valence-electron chi connectivity index (χ4n) is 5.06. The third kappa shape index (κ3) is 5.28. The number of fused-ring (bicyclic) bond motifs is 1. The van der Waals surface area contributed by atoms with Crippen molar-refractivity contribution >= 4 is 28.8 Å². The first-order chi connectivity index (χ1) is 18.1. The second-order valence-electron chi connectivity index (χ2n) is 9.87. The fraction of sp³-hybridized carbons (Fsp3) is 0.480. The van der Waals surface area contributed by atoms with Gasteiger partial charge in [-0.1, -0.05) is 0 Å². The Labute approximate surface area is 217 Å². The van der Waals surface area contributed by atoms with Crippen molar-refractivity contribution in [3.05, 3.63) is 48.0 Å². The van der Waals surface area contributed by atoms with Crippen LogP contribution in [0.3, 0.4) is 0 Å². The van der Waals surface area contributed by atoms with Crippen LogP contribution in [0.15, 0.2) is 36.9 Å². The number of aromatic nitrogens is 4. The lowest BCUT2D eigenvalue weighted by Gasteiger charge is -2.43. The van der Waals surface area contributed by atoms with Crippen LogP contribution in [0.4, 0.5) is 19.1 Å². The Morgan fingerprint density at radius 1 is 1.08 bits per heavy atom. The summed E-state index contributed by atoms with van der Waals surface area (Å²) in [6.07, 6.45) is 1.20. The van der Waals surface area contributed by atoms with Gasteiger partial charge in [-0.15, -0.1) is 0 Å². The molecule has 2 aliphatic heterocycles. The van der Waals surface area contributed by atoms with Gasteiger partial charge in [0.1, 0.15) is 0 Å². The number of carbonyl (C=O) groups excluding carboxylic acids is 2. The van der Waals surface area contributed by atoms with E-state index >= 15 is 0 Å². The molecule has 0 aliphatic carbocycles. The van der Waals surface area contributed by atoms with E-state index in [9.17, 15) is 22.8 Å². The number of hydrogen-bond donors (Lipinski definition) is 1.